The molecule has 0 bridgehead atoms. The molecule has 3 aromatic rings. The van der Waals surface area contributed by atoms with Gasteiger partial charge >= 0.3 is 5.97 Å². The quantitative estimate of drug-likeness (QED) is 0.658. The number of carbonyl (C=O) groups is 1. The van der Waals surface area contributed by atoms with Crippen LogP contribution in [0.15, 0.2) is 66.7 Å². The molecule has 0 unspecified atom stereocenters. The molecule has 0 heterocycles. The molecule has 0 saturated heterocycles. The number of rotatable bonds is 7. The summed E-state index contributed by atoms with van der Waals surface area (Å²) >= 11 is 0. The molecule has 0 spiro atoms. The van der Waals surface area contributed by atoms with Gasteiger partial charge in [-0.05, 0) is 41.5 Å². The van der Waals surface area contributed by atoms with Gasteiger partial charge in [-0.2, -0.15) is 0 Å². The average Bonchev–Trinajstić information content (AvgIpc) is 2.68. The predicted octanol–water partition coefficient (Wildman–Crippen LogP) is 4.71. The fourth-order valence-electron chi connectivity index (χ4n) is 2.78. The summed E-state index contributed by atoms with van der Waals surface area (Å²) in [5.41, 5.74) is 2.37. The number of carboxylic acids is 1. The molecule has 0 aromatic heterocycles. The minimum Gasteiger partial charge on any atom is -0.497 e. The number of hydrogen-bond acceptors (Lipinski definition) is 3. The zero-order valence-corrected chi connectivity index (χ0v) is 14.8. The molecular weight excluding hydrogens is 347 g/mol. The van der Waals surface area contributed by atoms with Crippen LogP contribution >= 0.6 is 0 Å². The summed E-state index contributed by atoms with van der Waals surface area (Å²) in [6, 6.07) is 19.1. The predicted molar refractivity (Wildman–Crippen MR) is 101 cm³/mol. The number of methoxy groups -OCH3 is 1. The Bertz CT molecular complexity index is 938. The summed E-state index contributed by atoms with van der Waals surface area (Å²) in [7, 11) is 1.51. The van der Waals surface area contributed by atoms with E-state index in [1.807, 2.05) is 30.3 Å². The topological polar surface area (TPSA) is 55.8 Å². The Balaban J connectivity index is 1.93. The average molecular weight is 366 g/mol. The molecule has 0 aliphatic rings. The van der Waals surface area contributed by atoms with Gasteiger partial charge in [0.05, 0.1) is 13.5 Å². The second kappa shape index (κ2) is 8.36. The fourth-order valence-corrected chi connectivity index (χ4v) is 2.78. The van der Waals surface area contributed by atoms with E-state index in [4.69, 9.17) is 9.47 Å². The lowest BCUT2D eigenvalue weighted by Crippen LogP contribution is -2.05. The Morgan fingerprint density at radius 2 is 1.81 bits per heavy atom. The normalized spacial score (nSPS) is 10.4. The van der Waals surface area contributed by atoms with Gasteiger partial charge < -0.3 is 14.6 Å². The van der Waals surface area contributed by atoms with Gasteiger partial charge in [0.15, 0.2) is 0 Å². The van der Waals surface area contributed by atoms with Crippen molar-refractivity contribution in [2.24, 2.45) is 0 Å². The Morgan fingerprint density at radius 1 is 1.04 bits per heavy atom. The third-order valence-electron chi connectivity index (χ3n) is 4.12. The minimum atomic E-state index is -0.983. The van der Waals surface area contributed by atoms with E-state index in [1.54, 1.807) is 24.3 Å². The Morgan fingerprint density at radius 3 is 2.52 bits per heavy atom. The zero-order chi connectivity index (χ0) is 19.2. The second-order valence-corrected chi connectivity index (χ2v) is 6.01. The van der Waals surface area contributed by atoms with Gasteiger partial charge in [-0.25, -0.2) is 4.39 Å². The maximum atomic E-state index is 14.3. The van der Waals surface area contributed by atoms with E-state index in [1.165, 1.54) is 19.2 Å². The molecule has 0 amide bonds. The highest BCUT2D eigenvalue weighted by Crippen LogP contribution is 2.31. The Kier molecular flexibility index (Phi) is 5.71. The summed E-state index contributed by atoms with van der Waals surface area (Å²) < 4.78 is 25.2. The zero-order valence-electron chi connectivity index (χ0n) is 14.8. The lowest BCUT2D eigenvalue weighted by Gasteiger charge is -2.13. The lowest BCUT2D eigenvalue weighted by atomic mass is 10.00. The molecule has 138 valence electrons. The summed E-state index contributed by atoms with van der Waals surface area (Å²) in [5.74, 6) is -0.401. The highest BCUT2D eigenvalue weighted by molar-refractivity contribution is 5.74. The number of benzene rings is 3. The molecule has 3 aromatic carbocycles. The number of ether oxygens (including phenoxy) is 2. The third kappa shape index (κ3) is 4.64. The van der Waals surface area contributed by atoms with Crippen LogP contribution < -0.4 is 9.47 Å². The van der Waals surface area contributed by atoms with Crippen molar-refractivity contribution in [2.75, 3.05) is 7.11 Å². The van der Waals surface area contributed by atoms with E-state index in [-0.39, 0.29) is 6.42 Å². The van der Waals surface area contributed by atoms with Crippen LogP contribution in [0.3, 0.4) is 0 Å². The minimum absolute atomic E-state index is 0.219. The molecule has 0 atom stereocenters. The van der Waals surface area contributed by atoms with Crippen molar-refractivity contribution < 1.29 is 23.8 Å². The first-order valence-corrected chi connectivity index (χ1v) is 8.42. The van der Waals surface area contributed by atoms with Gasteiger partial charge in [-0.3, -0.25) is 4.79 Å². The molecule has 3 rings (SSSR count). The van der Waals surface area contributed by atoms with Crippen molar-refractivity contribution >= 4 is 5.97 Å². The van der Waals surface area contributed by atoms with Crippen LogP contribution in [-0.4, -0.2) is 18.2 Å². The van der Waals surface area contributed by atoms with Crippen LogP contribution in [0, 0.1) is 5.82 Å². The maximum Gasteiger partial charge on any atom is 0.307 e. The van der Waals surface area contributed by atoms with E-state index in [9.17, 15) is 14.3 Å². The van der Waals surface area contributed by atoms with E-state index in [2.05, 4.69) is 0 Å². The van der Waals surface area contributed by atoms with Crippen LogP contribution in [0.1, 0.15) is 11.1 Å². The maximum absolute atomic E-state index is 14.3. The van der Waals surface area contributed by atoms with Crippen molar-refractivity contribution in [3.8, 4) is 22.6 Å². The molecule has 4 nitrogen and oxygen atoms in total. The number of aliphatic carboxylic acids is 1. The molecule has 0 saturated carbocycles. The van der Waals surface area contributed by atoms with Crippen LogP contribution in [-0.2, 0) is 17.8 Å². The van der Waals surface area contributed by atoms with Gasteiger partial charge in [0.2, 0.25) is 0 Å². The van der Waals surface area contributed by atoms with E-state index in [0.717, 1.165) is 5.56 Å². The van der Waals surface area contributed by atoms with Crippen LogP contribution in [0.4, 0.5) is 4.39 Å². The van der Waals surface area contributed by atoms with Gasteiger partial charge in [0, 0.05) is 11.1 Å². The van der Waals surface area contributed by atoms with Crippen LogP contribution in [0.2, 0.25) is 0 Å². The van der Waals surface area contributed by atoms with Crippen molar-refractivity contribution in [3.63, 3.8) is 0 Å². The molecule has 1 N–H and O–H groups in total. The highest BCUT2D eigenvalue weighted by Gasteiger charge is 2.13. The summed E-state index contributed by atoms with van der Waals surface area (Å²) in [6.45, 7) is 0.320. The Labute approximate surface area is 156 Å². The number of halogens is 1. The molecule has 0 fully saturated rings. The summed E-state index contributed by atoms with van der Waals surface area (Å²) in [6.07, 6.45) is -0.219. The van der Waals surface area contributed by atoms with Crippen LogP contribution in [0.5, 0.6) is 11.5 Å². The molecule has 0 aliphatic carbocycles. The van der Waals surface area contributed by atoms with E-state index < -0.39 is 11.8 Å². The van der Waals surface area contributed by atoms with Gasteiger partial charge in [0.1, 0.15) is 23.9 Å². The van der Waals surface area contributed by atoms with Crippen molar-refractivity contribution in [1.82, 2.24) is 0 Å². The second-order valence-electron chi connectivity index (χ2n) is 6.01. The number of hydrogen-bond donors (Lipinski definition) is 1. The van der Waals surface area contributed by atoms with E-state index >= 15 is 0 Å². The highest BCUT2D eigenvalue weighted by atomic mass is 19.1. The van der Waals surface area contributed by atoms with Crippen molar-refractivity contribution in [2.45, 2.75) is 13.0 Å². The standard InChI is InChI=1S/C22H19FO4/c1-26-18-8-9-20(23)19(13-18)16-7-10-21(17(11-16)12-22(24)25)27-14-15-5-3-2-4-6-15/h2-11,13H,12,14H2,1H3,(H,24,25). The lowest BCUT2D eigenvalue weighted by molar-refractivity contribution is -0.136. The first-order chi connectivity index (χ1) is 13.1. The smallest absolute Gasteiger partial charge is 0.307 e. The van der Waals surface area contributed by atoms with Crippen LogP contribution in [0.25, 0.3) is 11.1 Å². The third-order valence-corrected chi connectivity index (χ3v) is 4.12. The molecule has 0 aliphatic heterocycles. The largest absolute Gasteiger partial charge is 0.497 e. The molecule has 27 heavy (non-hydrogen) atoms. The summed E-state index contributed by atoms with van der Waals surface area (Å²) in [4.78, 5) is 11.3. The summed E-state index contributed by atoms with van der Waals surface area (Å²) in [5, 5.41) is 9.23. The van der Waals surface area contributed by atoms with Gasteiger partial charge in [-0.15, -0.1) is 0 Å². The SMILES string of the molecule is COc1ccc(F)c(-c2ccc(OCc3ccccc3)c(CC(=O)O)c2)c1. The van der Waals surface area contributed by atoms with Crippen molar-refractivity contribution in [1.29, 1.82) is 0 Å². The molecule has 5 heteroatoms. The first kappa shape index (κ1) is 18.5. The molecular formula is C22H19FO4. The fraction of sp³-hybridized carbons (Fsp3) is 0.136. The van der Waals surface area contributed by atoms with Gasteiger partial charge in [0.25, 0.3) is 0 Å². The van der Waals surface area contributed by atoms with Crippen molar-refractivity contribution in [3.05, 3.63) is 83.7 Å². The monoisotopic (exact) mass is 366 g/mol. The Hall–Kier alpha value is -3.34. The number of carboxylic acid groups (broad SMARTS) is 1. The molecule has 0 radical (unpaired) electrons. The first-order valence-electron chi connectivity index (χ1n) is 8.42. The van der Waals surface area contributed by atoms with Gasteiger partial charge in [-0.1, -0.05) is 36.4 Å². The van der Waals surface area contributed by atoms with E-state index in [0.29, 0.717) is 34.8 Å².